The number of hydrogen-bond donors (Lipinski definition) is 1. The van der Waals surface area contributed by atoms with E-state index in [-0.39, 0.29) is 18.4 Å². The highest BCUT2D eigenvalue weighted by Crippen LogP contribution is 1.97. The summed E-state index contributed by atoms with van der Waals surface area (Å²) in [4.78, 5) is 31.1. The van der Waals surface area contributed by atoms with Gasteiger partial charge in [0.05, 0.1) is 6.54 Å². The predicted molar refractivity (Wildman–Crippen MR) is 81.5 cm³/mol. The fourth-order valence-corrected chi connectivity index (χ4v) is 1.86. The molecule has 21 heavy (non-hydrogen) atoms. The molecule has 2 amide bonds. The van der Waals surface area contributed by atoms with Gasteiger partial charge in [-0.3, -0.25) is 14.6 Å². The van der Waals surface area contributed by atoms with Crippen molar-refractivity contribution in [1.82, 2.24) is 20.1 Å². The summed E-state index contributed by atoms with van der Waals surface area (Å²) in [5.41, 5.74) is 0.938. The van der Waals surface area contributed by atoms with E-state index in [1.807, 2.05) is 26.2 Å². The van der Waals surface area contributed by atoms with Gasteiger partial charge in [0.2, 0.25) is 11.8 Å². The Balaban J connectivity index is 2.36. The Morgan fingerprint density at radius 3 is 2.62 bits per heavy atom. The molecule has 1 aromatic heterocycles. The van der Waals surface area contributed by atoms with E-state index in [1.54, 1.807) is 17.3 Å². The van der Waals surface area contributed by atoms with Crippen molar-refractivity contribution in [3.05, 3.63) is 30.1 Å². The fraction of sp³-hybridized carbons (Fsp3) is 0.533. The zero-order chi connectivity index (χ0) is 15.7. The lowest BCUT2D eigenvalue weighted by molar-refractivity contribution is -0.134. The van der Waals surface area contributed by atoms with E-state index in [0.29, 0.717) is 13.1 Å². The monoisotopic (exact) mass is 292 g/mol. The molecule has 0 aliphatic carbocycles. The topological polar surface area (TPSA) is 65.5 Å². The van der Waals surface area contributed by atoms with Crippen LogP contribution in [0.4, 0.5) is 0 Å². The summed E-state index contributed by atoms with van der Waals surface area (Å²) < 4.78 is 0. The highest BCUT2D eigenvalue weighted by molar-refractivity contribution is 5.83. The third kappa shape index (κ3) is 7.41. The van der Waals surface area contributed by atoms with Gasteiger partial charge in [-0.15, -0.1) is 0 Å². The molecule has 0 aromatic carbocycles. The molecule has 0 saturated heterocycles. The molecule has 0 spiro atoms. The van der Waals surface area contributed by atoms with Crippen LogP contribution < -0.4 is 5.32 Å². The second kappa shape index (κ2) is 9.07. The van der Waals surface area contributed by atoms with Gasteiger partial charge < -0.3 is 15.1 Å². The number of pyridine rings is 1. The number of rotatable bonds is 8. The van der Waals surface area contributed by atoms with Crippen molar-refractivity contribution in [3.8, 4) is 0 Å². The maximum atomic E-state index is 11.9. The molecule has 0 radical (unpaired) electrons. The average molecular weight is 292 g/mol. The predicted octanol–water partition coefficient (Wildman–Crippen LogP) is 0.498. The number of amides is 2. The average Bonchev–Trinajstić information content (AvgIpc) is 2.44. The molecule has 1 N–H and O–H groups in total. The van der Waals surface area contributed by atoms with Crippen molar-refractivity contribution >= 4 is 11.8 Å². The number of carbonyl (C=O) groups excluding carboxylic acids is 2. The van der Waals surface area contributed by atoms with Gasteiger partial charge in [-0.2, -0.15) is 0 Å². The van der Waals surface area contributed by atoms with Gasteiger partial charge in [0.1, 0.15) is 0 Å². The Morgan fingerprint density at radius 1 is 1.29 bits per heavy atom. The van der Waals surface area contributed by atoms with Crippen LogP contribution in [0.15, 0.2) is 24.5 Å². The summed E-state index contributed by atoms with van der Waals surface area (Å²) in [6.45, 7) is 3.50. The molecule has 0 bridgehead atoms. The molecule has 116 valence electrons. The second-order valence-corrected chi connectivity index (χ2v) is 5.24. The first-order chi connectivity index (χ1) is 9.99. The third-order valence-corrected chi connectivity index (χ3v) is 3.03. The standard InChI is InChI=1S/C15H24N4O2/c1-13(20)19(9-5-8-18(2)3)12-15(21)17-11-14-6-4-7-16-10-14/h4,6-7,10H,5,8-9,11-12H2,1-3H3,(H,17,21). The van der Waals surface area contributed by atoms with Gasteiger partial charge in [0.25, 0.3) is 0 Å². The summed E-state index contributed by atoms with van der Waals surface area (Å²) in [6, 6.07) is 3.72. The van der Waals surface area contributed by atoms with Gasteiger partial charge >= 0.3 is 0 Å². The quantitative estimate of drug-likeness (QED) is 0.758. The van der Waals surface area contributed by atoms with Crippen LogP contribution in [-0.4, -0.2) is 60.3 Å². The zero-order valence-electron chi connectivity index (χ0n) is 13.0. The summed E-state index contributed by atoms with van der Waals surface area (Å²) >= 11 is 0. The maximum Gasteiger partial charge on any atom is 0.239 e. The van der Waals surface area contributed by atoms with E-state index < -0.39 is 0 Å². The van der Waals surface area contributed by atoms with E-state index in [1.165, 1.54) is 6.92 Å². The van der Waals surface area contributed by atoms with Gasteiger partial charge in [-0.1, -0.05) is 6.07 Å². The van der Waals surface area contributed by atoms with Crippen LogP contribution in [-0.2, 0) is 16.1 Å². The van der Waals surface area contributed by atoms with Crippen LogP contribution in [0.25, 0.3) is 0 Å². The van der Waals surface area contributed by atoms with Crippen LogP contribution in [0.3, 0.4) is 0 Å². The number of hydrogen-bond acceptors (Lipinski definition) is 4. The third-order valence-electron chi connectivity index (χ3n) is 3.03. The maximum absolute atomic E-state index is 11.9. The van der Waals surface area contributed by atoms with Crippen LogP contribution in [0.5, 0.6) is 0 Å². The molecule has 1 rings (SSSR count). The largest absolute Gasteiger partial charge is 0.350 e. The molecular weight excluding hydrogens is 268 g/mol. The molecule has 1 aromatic rings. The van der Waals surface area contributed by atoms with Crippen molar-refractivity contribution in [3.63, 3.8) is 0 Å². The Kier molecular flexibility index (Phi) is 7.39. The van der Waals surface area contributed by atoms with Crippen LogP contribution in [0.1, 0.15) is 18.9 Å². The summed E-state index contributed by atoms with van der Waals surface area (Å²) in [5.74, 6) is -0.232. The lowest BCUT2D eigenvalue weighted by Crippen LogP contribution is -2.40. The van der Waals surface area contributed by atoms with Crippen LogP contribution in [0, 0.1) is 0 Å². The first-order valence-electron chi connectivity index (χ1n) is 7.05. The summed E-state index contributed by atoms with van der Waals surface area (Å²) in [7, 11) is 3.97. The molecule has 0 fully saturated rings. The van der Waals surface area contributed by atoms with Crippen molar-refractivity contribution in [2.75, 3.05) is 33.7 Å². The first kappa shape index (κ1) is 17.1. The number of carbonyl (C=O) groups is 2. The van der Waals surface area contributed by atoms with Crippen molar-refractivity contribution in [2.24, 2.45) is 0 Å². The van der Waals surface area contributed by atoms with Crippen molar-refractivity contribution in [1.29, 1.82) is 0 Å². The fourth-order valence-electron chi connectivity index (χ4n) is 1.86. The smallest absolute Gasteiger partial charge is 0.239 e. The van der Waals surface area contributed by atoms with E-state index in [4.69, 9.17) is 0 Å². The SMILES string of the molecule is CC(=O)N(CCCN(C)C)CC(=O)NCc1cccnc1. The highest BCUT2D eigenvalue weighted by atomic mass is 16.2. The molecular formula is C15H24N4O2. The molecule has 0 unspecified atom stereocenters. The minimum Gasteiger partial charge on any atom is -0.350 e. The lowest BCUT2D eigenvalue weighted by Gasteiger charge is -2.21. The van der Waals surface area contributed by atoms with E-state index in [0.717, 1.165) is 18.5 Å². The van der Waals surface area contributed by atoms with Crippen molar-refractivity contribution < 1.29 is 9.59 Å². The Labute approximate surface area is 126 Å². The molecule has 0 aliphatic heterocycles. The first-order valence-corrected chi connectivity index (χ1v) is 7.05. The Bertz CT molecular complexity index is 448. The van der Waals surface area contributed by atoms with Crippen molar-refractivity contribution in [2.45, 2.75) is 19.9 Å². The zero-order valence-corrected chi connectivity index (χ0v) is 13.0. The number of aromatic nitrogens is 1. The minimum absolute atomic E-state index is 0.0784. The van der Waals surface area contributed by atoms with Crippen LogP contribution >= 0.6 is 0 Å². The van der Waals surface area contributed by atoms with Gasteiger partial charge in [0, 0.05) is 32.4 Å². The molecule has 6 heteroatoms. The highest BCUT2D eigenvalue weighted by Gasteiger charge is 2.13. The minimum atomic E-state index is -0.154. The van der Waals surface area contributed by atoms with Gasteiger partial charge in [0.15, 0.2) is 0 Å². The number of nitrogens with one attached hydrogen (secondary N) is 1. The van der Waals surface area contributed by atoms with Crippen LogP contribution in [0.2, 0.25) is 0 Å². The summed E-state index contributed by atoms with van der Waals surface area (Å²) in [6.07, 6.45) is 4.25. The van der Waals surface area contributed by atoms with Gasteiger partial charge in [-0.05, 0) is 38.7 Å². The normalized spacial score (nSPS) is 10.5. The van der Waals surface area contributed by atoms with E-state index in [2.05, 4.69) is 15.2 Å². The van der Waals surface area contributed by atoms with Gasteiger partial charge in [-0.25, -0.2) is 0 Å². The molecule has 6 nitrogen and oxygen atoms in total. The molecule has 0 aliphatic rings. The molecule has 0 atom stereocenters. The Morgan fingerprint density at radius 2 is 2.05 bits per heavy atom. The van der Waals surface area contributed by atoms with E-state index >= 15 is 0 Å². The molecule has 1 heterocycles. The summed E-state index contributed by atoms with van der Waals surface area (Å²) in [5, 5.41) is 2.80. The Hall–Kier alpha value is -1.95. The van der Waals surface area contributed by atoms with E-state index in [9.17, 15) is 9.59 Å². The number of nitrogens with zero attached hydrogens (tertiary/aromatic N) is 3. The molecule has 0 saturated carbocycles. The lowest BCUT2D eigenvalue weighted by atomic mass is 10.3. The second-order valence-electron chi connectivity index (χ2n) is 5.24.